The van der Waals surface area contributed by atoms with Crippen molar-refractivity contribution in [1.82, 2.24) is 30.0 Å². The van der Waals surface area contributed by atoms with Gasteiger partial charge in [-0.2, -0.15) is 15.1 Å². The Labute approximate surface area is 227 Å². The van der Waals surface area contributed by atoms with Crippen LogP contribution in [0.15, 0.2) is 31.0 Å². The highest BCUT2D eigenvalue weighted by molar-refractivity contribution is 6.35. The zero-order valence-corrected chi connectivity index (χ0v) is 22.5. The molecule has 0 radical (unpaired) electrons. The summed E-state index contributed by atoms with van der Waals surface area (Å²) >= 11 is 6.70. The van der Waals surface area contributed by atoms with Crippen molar-refractivity contribution in [3.05, 3.63) is 47.3 Å². The zero-order valence-electron chi connectivity index (χ0n) is 21.7. The molecule has 11 heteroatoms. The molecule has 0 aliphatic carbocycles. The molecule has 0 bridgehead atoms. The van der Waals surface area contributed by atoms with Gasteiger partial charge in [0.25, 0.3) is 0 Å². The predicted molar refractivity (Wildman–Crippen MR) is 148 cm³/mol. The van der Waals surface area contributed by atoms with Crippen molar-refractivity contribution in [2.24, 2.45) is 0 Å². The van der Waals surface area contributed by atoms with Gasteiger partial charge in [-0.25, -0.2) is 0 Å². The molecule has 3 aromatic rings. The summed E-state index contributed by atoms with van der Waals surface area (Å²) in [5.74, 6) is 0.891. The molecule has 3 aliphatic rings. The van der Waals surface area contributed by atoms with Crippen LogP contribution < -0.4 is 14.5 Å². The van der Waals surface area contributed by atoms with Crippen LogP contribution in [0, 0.1) is 0 Å². The van der Waals surface area contributed by atoms with Crippen molar-refractivity contribution in [3.63, 3.8) is 0 Å². The van der Waals surface area contributed by atoms with E-state index in [1.807, 2.05) is 23.2 Å². The van der Waals surface area contributed by atoms with E-state index in [9.17, 15) is 4.79 Å². The van der Waals surface area contributed by atoms with Gasteiger partial charge in [-0.15, -0.1) is 0 Å². The number of H-pyrrole nitrogens is 1. The van der Waals surface area contributed by atoms with Gasteiger partial charge < -0.3 is 24.3 Å². The Morgan fingerprint density at radius 1 is 1.18 bits per heavy atom. The molecule has 2 aromatic heterocycles. The van der Waals surface area contributed by atoms with Crippen molar-refractivity contribution >= 4 is 39.9 Å². The van der Waals surface area contributed by atoms with E-state index >= 15 is 0 Å². The topological polar surface area (TPSA) is 93.7 Å². The number of nitrogens with one attached hydrogen (secondary N) is 1. The number of likely N-dealkylation sites (N-methyl/N-ethyl adjacent to an activating group) is 1. The van der Waals surface area contributed by atoms with E-state index in [0.29, 0.717) is 56.4 Å². The maximum Gasteiger partial charge on any atom is 0.318 e. The first kappa shape index (κ1) is 24.9. The number of hydrogen-bond acceptors (Lipinski definition) is 8. The monoisotopic (exact) mass is 536 g/mol. The minimum absolute atomic E-state index is 0.0278. The Morgan fingerprint density at radius 2 is 2.03 bits per heavy atom. The Hall–Kier alpha value is -3.37. The highest BCUT2D eigenvalue weighted by atomic mass is 35.5. The van der Waals surface area contributed by atoms with E-state index in [1.165, 1.54) is 12.5 Å². The number of piperazine rings is 1. The molecule has 2 saturated heterocycles. The van der Waals surface area contributed by atoms with Crippen LogP contribution in [-0.2, 0) is 17.8 Å². The van der Waals surface area contributed by atoms with E-state index in [-0.39, 0.29) is 5.91 Å². The Kier molecular flexibility index (Phi) is 6.84. The molecule has 0 saturated carbocycles. The average Bonchev–Trinajstić information content (AvgIpc) is 3.59. The van der Waals surface area contributed by atoms with Crippen molar-refractivity contribution in [2.75, 3.05) is 62.7 Å². The number of carbonyl (C=O) groups excluding carboxylic acids is 1. The number of aromatic nitrogens is 4. The van der Waals surface area contributed by atoms with Crippen molar-refractivity contribution in [1.29, 1.82) is 0 Å². The molecule has 1 N–H and O–H groups in total. The van der Waals surface area contributed by atoms with Gasteiger partial charge in [0.2, 0.25) is 5.91 Å². The molecule has 0 unspecified atom stereocenters. The van der Waals surface area contributed by atoms with Gasteiger partial charge in [0.1, 0.15) is 12.4 Å². The predicted octanol–water partition coefficient (Wildman–Crippen LogP) is 2.88. The number of halogens is 1. The summed E-state index contributed by atoms with van der Waals surface area (Å²) in [4.78, 5) is 30.7. The van der Waals surface area contributed by atoms with Gasteiger partial charge in [-0.05, 0) is 51.1 Å². The lowest BCUT2D eigenvalue weighted by Gasteiger charge is -2.38. The van der Waals surface area contributed by atoms with Gasteiger partial charge in [0.15, 0.2) is 0 Å². The maximum atomic E-state index is 12.1. The van der Waals surface area contributed by atoms with Crippen LogP contribution in [0.25, 0.3) is 10.9 Å². The van der Waals surface area contributed by atoms with E-state index in [2.05, 4.69) is 38.5 Å². The number of hydrogen-bond donors (Lipinski definition) is 1. The summed E-state index contributed by atoms with van der Waals surface area (Å²) in [6, 6.07) is 4.66. The van der Waals surface area contributed by atoms with Crippen LogP contribution in [0.4, 0.5) is 11.5 Å². The van der Waals surface area contributed by atoms with Crippen LogP contribution in [-0.4, -0.2) is 94.8 Å². The molecule has 1 amide bonds. The first-order valence-electron chi connectivity index (χ1n) is 13.3. The normalized spacial score (nSPS) is 20.2. The fraction of sp³-hybridized carbons (Fsp3) is 0.481. The van der Waals surface area contributed by atoms with Gasteiger partial charge in [-0.1, -0.05) is 18.2 Å². The lowest BCUT2D eigenvalue weighted by atomic mass is 10.0. The fourth-order valence-corrected chi connectivity index (χ4v) is 6.12. The summed E-state index contributed by atoms with van der Waals surface area (Å²) in [5, 5.41) is 8.96. The number of benzene rings is 1. The van der Waals surface area contributed by atoms with Gasteiger partial charge in [-0.3, -0.25) is 9.89 Å². The molecule has 1 atom stereocenters. The lowest BCUT2D eigenvalue weighted by Crippen LogP contribution is -2.49. The van der Waals surface area contributed by atoms with Crippen LogP contribution in [0.3, 0.4) is 0 Å². The number of aromatic amines is 1. The maximum absolute atomic E-state index is 12.1. The second-order valence-electron chi connectivity index (χ2n) is 10.3. The smallest absolute Gasteiger partial charge is 0.318 e. The van der Waals surface area contributed by atoms with Crippen molar-refractivity contribution in [2.45, 2.75) is 31.8 Å². The molecule has 10 nitrogen and oxygen atoms in total. The third kappa shape index (κ3) is 4.67. The molecule has 5 heterocycles. The van der Waals surface area contributed by atoms with Gasteiger partial charge >= 0.3 is 6.01 Å². The highest BCUT2D eigenvalue weighted by Crippen LogP contribution is 2.38. The molecule has 38 heavy (non-hydrogen) atoms. The molecule has 1 aromatic carbocycles. The van der Waals surface area contributed by atoms with Crippen LogP contribution in [0.2, 0.25) is 5.02 Å². The SMILES string of the molecule is C=CC(=O)N1CCN(c2nc(OC[C@@H]3CCCN3C)nc3c2CCN(c2c(Cl)ccc4[nH]ncc24)C3)CC1. The van der Waals surface area contributed by atoms with Crippen LogP contribution >= 0.6 is 11.6 Å². The Bertz CT molecular complexity index is 1350. The van der Waals surface area contributed by atoms with Gasteiger partial charge in [0, 0.05) is 49.7 Å². The molecular formula is C27H33ClN8O2. The third-order valence-corrected chi connectivity index (χ3v) is 8.33. The van der Waals surface area contributed by atoms with Gasteiger partial charge in [0.05, 0.1) is 34.7 Å². The summed E-state index contributed by atoms with van der Waals surface area (Å²) < 4.78 is 6.23. The molecule has 200 valence electrons. The number of likely N-dealkylation sites (tertiary alicyclic amines) is 1. The average molecular weight is 537 g/mol. The number of nitrogens with zero attached hydrogens (tertiary/aromatic N) is 7. The molecular weight excluding hydrogens is 504 g/mol. The van der Waals surface area contributed by atoms with Crippen molar-refractivity contribution < 1.29 is 9.53 Å². The minimum Gasteiger partial charge on any atom is -0.462 e. The third-order valence-electron chi connectivity index (χ3n) is 8.03. The van der Waals surface area contributed by atoms with E-state index in [0.717, 1.165) is 59.6 Å². The second kappa shape index (κ2) is 10.4. The van der Waals surface area contributed by atoms with E-state index in [4.69, 9.17) is 26.3 Å². The summed E-state index contributed by atoms with van der Waals surface area (Å²) in [6.45, 7) is 9.36. The summed E-state index contributed by atoms with van der Waals surface area (Å²) in [7, 11) is 2.14. The second-order valence-corrected chi connectivity index (χ2v) is 10.7. The standard InChI is InChI=1S/C27H33ClN8O2/c1-3-24(37)34-11-13-35(14-12-34)26-19-8-10-36(25-20-15-29-32-22(20)7-6-21(25)28)16-23(19)30-27(31-26)38-17-18-5-4-9-33(18)2/h3,6-7,15,18H,1,4-5,8-14,16-17H2,2H3,(H,29,32)/t18-/m0/s1. The number of carbonyl (C=O) groups is 1. The van der Waals surface area contributed by atoms with Crippen LogP contribution in [0.1, 0.15) is 24.1 Å². The highest BCUT2D eigenvalue weighted by Gasteiger charge is 2.30. The Balaban J connectivity index is 1.31. The molecule has 0 spiro atoms. The first-order valence-corrected chi connectivity index (χ1v) is 13.6. The fourth-order valence-electron chi connectivity index (χ4n) is 5.83. The van der Waals surface area contributed by atoms with E-state index in [1.54, 1.807) is 0 Å². The Morgan fingerprint density at radius 3 is 2.79 bits per heavy atom. The lowest BCUT2D eigenvalue weighted by molar-refractivity contribution is -0.126. The first-order chi connectivity index (χ1) is 18.5. The number of fused-ring (bicyclic) bond motifs is 2. The molecule has 3 aliphatic heterocycles. The number of amides is 1. The largest absolute Gasteiger partial charge is 0.462 e. The number of ether oxygens (including phenoxy) is 1. The molecule has 2 fully saturated rings. The van der Waals surface area contributed by atoms with E-state index < -0.39 is 0 Å². The summed E-state index contributed by atoms with van der Waals surface area (Å²) in [5.41, 5.74) is 4.02. The van der Waals surface area contributed by atoms with Crippen LogP contribution in [0.5, 0.6) is 6.01 Å². The number of rotatable bonds is 6. The minimum atomic E-state index is -0.0278. The summed E-state index contributed by atoms with van der Waals surface area (Å²) in [6.07, 6.45) is 6.30. The molecule has 6 rings (SSSR count). The zero-order chi connectivity index (χ0) is 26.2. The number of anilines is 2. The van der Waals surface area contributed by atoms with Crippen molar-refractivity contribution in [3.8, 4) is 6.01 Å². The quantitative estimate of drug-likeness (QED) is 0.481.